The van der Waals surface area contributed by atoms with Crippen molar-refractivity contribution in [1.29, 1.82) is 0 Å². The topological polar surface area (TPSA) is 37.8 Å². The lowest BCUT2D eigenvalue weighted by Crippen LogP contribution is -2.06. The molecule has 3 heterocycles. The molecule has 0 bridgehead atoms. The Hall–Kier alpha value is -0.690. The van der Waals surface area contributed by atoms with Crippen molar-refractivity contribution in [2.75, 3.05) is 11.9 Å². The minimum Gasteiger partial charge on any atom is -0.369 e. The van der Waals surface area contributed by atoms with Gasteiger partial charge in [0.15, 0.2) is 0 Å². The zero-order valence-electron chi connectivity index (χ0n) is 9.69. The Morgan fingerprint density at radius 3 is 2.95 bits per heavy atom. The van der Waals surface area contributed by atoms with Crippen LogP contribution in [0.3, 0.4) is 0 Å². The van der Waals surface area contributed by atoms with Gasteiger partial charge in [-0.3, -0.25) is 0 Å². The molecule has 3 aromatic heterocycles. The van der Waals surface area contributed by atoms with Gasteiger partial charge in [0, 0.05) is 11.4 Å². The average molecular weight is 375 g/mol. The van der Waals surface area contributed by atoms with Crippen LogP contribution in [0.5, 0.6) is 0 Å². The molecule has 0 aromatic carbocycles. The van der Waals surface area contributed by atoms with Crippen LogP contribution in [0.1, 0.15) is 4.88 Å². The summed E-state index contributed by atoms with van der Waals surface area (Å²) < 4.78 is 1.16. The van der Waals surface area contributed by atoms with Crippen molar-refractivity contribution in [3.05, 3.63) is 37.5 Å². The summed E-state index contributed by atoms with van der Waals surface area (Å²) in [6, 6.07) is 6.21. The van der Waals surface area contributed by atoms with Crippen molar-refractivity contribution in [2.45, 2.75) is 6.42 Å². The van der Waals surface area contributed by atoms with Crippen LogP contribution in [0, 0.1) is 0 Å². The summed E-state index contributed by atoms with van der Waals surface area (Å²) >= 11 is 12.7. The number of hydrogen-bond acceptors (Lipinski definition) is 5. The molecule has 3 nitrogen and oxygen atoms in total. The normalized spacial score (nSPS) is 11.1. The van der Waals surface area contributed by atoms with Crippen LogP contribution >= 0.6 is 50.2 Å². The van der Waals surface area contributed by atoms with Gasteiger partial charge in [-0.2, -0.15) is 0 Å². The van der Waals surface area contributed by atoms with Crippen LogP contribution in [0.2, 0.25) is 5.28 Å². The fourth-order valence-corrected chi connectivity index (χ4v) is 4.22. The van der Waals surface area contributed by atoms with E-state index in [1.165, 1.54) is 4.88 Å². The number of rotatable bonds is 4. The smallest absolute Gasteiger partial charge is 0.225 e. The van der Waals surface area contributed by atoms with Gasteiger partial charge in [0.25, 0.3) is 0 Å². The molecule has 0 aliphatic carbocycles. The first-order valence-electron chi connectivity index (χ1n) is 5.61. The maximum atomic E-state index is 5.92. The van der Waals surface area contributed by atoms with Crippen molar-refractivity contribution < 1.29 is 0 Å². The van der Waals surface area contributed by atoms with E-state index in [1.807, 2.05) is 11.4 Å². The molecular formula is C12H9BrClN3S2. The summed E-state index contributed by atoms with van der Waals surface area (Å²) in [5, 5.41) is 6.65. The molecule has 98 valence electrons. The fourth-order valence-electron chi connectivity index (χ4n) is 1.75. The number of nitrogens with one attached hydrogen (secondary N) is 1. The first-order chi connectivity index (χ1) is 9.22. The third-order valence-electron chi connectivity index (χ3n) is 2.59. The average Bonchev–Trinajstić information content (AvgIpc) is 2.98. The molecule has 0 amide bonds. The molecule has 0 atom stereocenters. The van der Waals surface area contributed by atoms with Crippen molar-refractivity contribution >= 4 is 66.2 Å². The maximum Gasteiger partial charge on any atom is 0.225 e. The molecule has 3 rings (SSSR count). The summed E-state index contributed by atoms with van der Waals surface area (Å²) in [6.45, 7) is 0.825. The van der Waals surface area contributed by atoms with Crippen molar-refractivity contribution in [1.82, 2.24) is 9.97 Å². The van der Waals surface area contributed by atoms with Crippen molar-refractivity contribution in [3.63, 3.8) is 0 Å². The van der Waals surface area contributed by atoms with Crippen LogP contribution in [0.15, 0.2) is 27.4 Å². The summed E-state index contributed by atoms with van der Waals surface area (Å²) in [7, 11) is 0. The quantitative estimate of drug-likeness (QED) is 0.665. The monoisotopic (exact) mass is 373 g/mol. The van der Waals surface area contributed by atoms with Gasteiger partial charge in [0.05, 0.1) is 9.17 Å². The molecule has 0 spiro atoms. The van der Waals surface area contributed by atoms with Gasteiger partial charge < -0.3 is 5.32 Å². The zero-order valence-corrected chi connectivity index (χ0v) is 13.7. The predicted molar refractivity (Wildman–Crippen MR) is 86.6 cm³/mol. The van der Waals surface area contributed by atoms with Crippen molar-refractivity contribution in [3.8, 4) is 0 Å². The van der Waals surface area contributed by atoms with E-state index >= 15 is 0 Å². The SMILES string of the molecule is Clc1nc(NCCc2ccc(Br)s2)c2ccsc2n1. The van der Waals surface area contributed by atoms with Crippen LogP contribution < -0.4 is 5.32 Å². The standard InChI is InChI=1S/C12H9BrClN3S2/c13-9-2-1-7(19-9)3-5-15-10-8-4-6-18-11(8)17-12(14)16-10/h1-2,4,6H,3,5H2,(H,15,16,17). The largest absolute Gasteiger partial charge is 0.369 e. The Balaban J connectivity index is 1.73. The highest BCUT2D eigenvalue weighted by Gasteiger charge is 2.07. The third-order valence-corrected chi connectivity index (χ3v) is 5.25. The molecule has 3 aromatic rings. The Morgan fingerprint density at radius 1 is 1.26 bits per heavy atom. The molecule has 7 heteroatoms. The van der Waals surface area contributed by atoms with Crippen LogP contribution in [0.4, 0.5) is 5.82 Å². The van der Waals surface area contributed by atoms with Crippen LogP contribution in [-0.4, -0.2) is 16.5 Å². The Bertz CT molecular complexity index is 710. The van der Waals surface area contributed by atoms with E-state index in [9.17, 15) is 0 Å². The van der Waals surface area contributed by atoms with Gasteiger partial charge in [-0.25, -0.2) is 9.97 Å². The summed E-state index contributed by atoms with van der Waals surface area (Å²) in [6.07, 6.45) is 0.962. The van der Waals surface area contributed by atoms with E-state index in [0.29, 0.717) is 0 Å². The number of anilines is 1. The summed E-state index contributed by atoms with van der Waals surface area (Å²) in [5.41, 5.74) is 0. The Kier molecular flexibility index (Phi) is 4.02. The number of halogens is 2. The number of aromatic nitrogens is 2. The van der Waals surface area contributed by atoms with E-state index in [0.717, 1.165) is 32.8 Å². The second kappa shape index (κ2) is 5.75. The van der Waals surface area contributed by atoms with Crippen molar-refractivity contribution in [2.24, 2.45) is 0 Å². The molecule has 0 saturated carbocycles. The molecule has 0 aliphatic heterocycles. The molecule has 1 N–H and O–H groups in total. The van der Waals surface area contributed by atoms with E-state index < -0.39 is 0 Å². The first kappa shape index (κ1) is 13.3. The molecule has 0 radical (unpaired) electrons. The second-order valence-corrected chi connectivity index (χ2v) is 7.64. The van der Waals surface area contributed by atoms with Gasteiger partial charge in [-0.15, -0.1) is 22.7 Å². The number of fused-ring (bicyclic) bond motifs is 1. The molecule has 19 heavy (non-hydrogen) atoms. The highest BCUT2D eigenvalue weighted by molar-refractivity contribution is 9.11. The van der Waals surface area contributed by atoms with Crippen LogP contribution in [-0.2, 0) is 6.42 Å². The van der Waals surface area contributed by atoms with Gasteiger partial charge in [0.1, 0.15) is 10.6 Å². The lowest BCUT2D eigenvalue weighted by atomic mass is 10.3. The Morgan fingerprint density at radius 2 is 2.16 bits per heavy atom. The second-order valence-electron chi connectivity index (χ2n) is 3.86. The summed E-state index contributed by atoms with van der Waals surface area (Å²) in [5.74, 6) is 0.812. The van der Waals surface area contributed by atoms with Gasteiger partial charge in [0.2, 0.25) is 5.28 Å². The first-order valence-corrected chi connectivity index (χ1v) is 8.48. The van der Waals surface area contributed by atoms with E-state index in [2.05, 4.69) is 43.3 Å². The lowest BCUT2D eigenvalue weighted by Gasteiger charge is -2.06. The van der Waals surface area contributed by atoms with E-state index in [1.54, 1.807) is 22.7 Å². The van der Waals surface area contributed by atoms with E-state index in [-0.39, 0.29) is 5.28 Å². The van der Waals surface area contributed by atoms with Gasteiger partial charge >= 0.3 is 0 Å². The minimum atomic E-state index is 0.288. The van der Waals surface area contributed by atoms with Crippen LogP contribution in [0.25, 0.3) is 10.2 Å². The number of nitrogens with zero attached hydrogens (tertiary/aromatic N) is 2. The molecular weight excluding hydrogens is 366 g/mol. The molecule has 0 unspecified atom stereocenters. The Labute approximate surface area is 131 Å². The molecule has 0 saturated heterocycles. The van der Waals surface area contributed by atoms with Gasteiger partial charge in [-0.1, -0.05) is 0 Å². The highest BCUT2D eigenvalue weighted by Crippen LogP contribution is 2.27. The molecule has 0 aliphatic rings. The van der Waals surface area contributed by atoms with Gasteiger partial charge in [-0.05, 0) is 57.5 Å². The fraction of sp³-hybridized carbons (Fsp3) is 0.167. The highest BCUT2D eigenvalue weighted by atomic mass is 79.9. The van der Waals surface area contributed by atoms with E-state index in [4.69, 9.17) is 11.6 Å². The number of thiophene rings is 2. The maximum absolute atomic E-state index is 5.92. The molecule has 0 fully saturated rings. The summed E-state index contributed by atoms with van der Waals surface area (Å²) in [4.78, 5) is 10.7. The number of hydrogen-bond donors (Lipinski definition) is 1. The lowest BCUT2D eigenvalue weighted by molar-refractivity contribution is 1.03. The minimum absolute atomic E-state index is 0.288. The predicted octanol–water partition coefficient (Wildman–Crippen LogP) is 4.82. The third kappa shape index (κ3) is 3.08. The zero-order chi connectivity index (χ0) is 13.2.